The normalized spacial score (nSPS) is 14.7. The summed E-state index contributed by atoms with van der Waals surface area (Å²) in [4.78, 5) is 19.6. The van der Waals surface area contributed by atoms with Crippen LogP contribution >= 0.6 is 0 Å². The van der Waals surface area contributed by atoms with Crippen molar-refractivity contribution in [2.75, 3.05) is 21.3 Å². The molecule has 1 N–H and O–H groups in total. The van der Waals surface area contributed by atoms with Crippen molar-refractivity contribution >= 4 is 5.91 Å². The van der Waals surface area contributed by atoms with Crippen LogP contribution in [0.4, 0.5) is 0 Å². The summed E-state index contributed by atoms with van der Waals surface area (Å²) in [7, 11) is 4.85. The third-order valence-electron chi connectivity index (χ3n) is 6.04. The van der Waals surface area contributed by atoms with Gasteiger partial charge in [-0.3, -0.25) is 14.9 Å². The van der Waals surface area contributed by atoms with Crippen LogP contribution in [0.5, 0.6) is 17.2 Å². The van der Waals surface area contributed by atoms with Gasteiger partial charge >= 0.3 is 0 Å². The SMILES string of the molecule is COc1ccc(-c2n[nH]c3c2C(c2ccc(OC)cc2OC)N(Cc2cccnc2)C3=O)cc1. The number of fused-ring (bicyclic) bond motifs is 1. The van der Waals surface area contributed by atoms with E-state index in [9.17, 15) is 4.79 Å². The summed E-state index contributed by atoms with van der Waals surface area (Å²) >= 11 is 0. The minimum absolute atomic E-state index is 0.131. The van der Waals surface area contributed by atoms with Crippen molar-refractivity contribution in [1.82, 2.24) is 20.1 Å². The van der Waals surface area contributed by atoms with E-state index >= 15 is 0 Å². The first-order valence-electron chi connectivity index (χ1n) is 10.8. The molecule has 1 amide bonds. The molecule has 8 nitrogen and oxygen atoms in total. The number of aromatic amines is 1. The molecule has 1 atom stereocenters. The average molecular weight is 457 g/mol. The second-order valence-corrected chi connectivity index (χ2v) is 7.89. The Morgan fingerprint density at radius 1 is 0.971 bits per heavy atom. The van der Waals surface area contributed by atoms with Gasteiger partial charge < -0.3 is 19.1 Å². The Morgan fingerprint density at radius 3 is 2.41 bits per heavy atom. The number of H-pyrrole nitrogens is 1. The van der Waals surface area contributed by atoms with Gasteiger partial charge in [-0.25, -0.2) is 0 Å². The van der Waals surface area contributed by atoms with Gasteiger partial charge in [0.25, 0.3) is 5.91 Å². The summed E-state index contributed by atoms with van der Waals surface area (Å²) in [5, 5.41) is 7.51. The molecule has 0 saturated carbocycles. The van der Waals surface area contributed by atoms with E-state index in [2.05, 4.69) is 15.2 Å². The molecule has 0 fully saturated rings. The fourth-order valence-corrected chi connectivity index (χ4v) is 4.38. The van der Waals surface area contributed by atoms with Gasteiger partial charge in [0.1, 0.15) is 22.9 Å². The number of methoxy groups -OCH3 is 3. The molecule has 0 saturated heterocycles. The summed E-state index contributed by atoms with van der Waals surface area (Å²) in [6.07, 6.45) is 3.48. The molecular weight excluding hydrogens is 432 g/mol. The Balaban J connectivity index is 1.67. The molecule has 3 heterocycles. The van der Waals surface area contributed by atoms with Crippen LogP contribution in [0.25, 0.3) is 11.3 Å². The lowest BCUT2D eigenvalue weighted by Crippen LogP contribution is -2.29. The number of carbonyl (C=O) groups is 1. The highest BCUT2D eigenvalue weighted by Gasteiger charge is 2.43. The van der Waals surface area contributed by atoms with Gasteiger partial charge in [0, 0.05) is 41.7 Å². The lowest BCUT2D eigenvalue weighted by Gasteiger charge is -2.27. The fraction of sp³-hybridized carbons (Fsp3) is 0.192. The standard InChI is InChI=1S/C26H24N4O4/c1-32-18-8-6-17(7-9-18)23-22-24(29-28-23)26(31)30(15-16-5-4-12-27-14-16)25(22)20-11-10-19(33-2)13-21(20)34-3/h4-14,25H,15H2,1-3H3,(H,28,29). The first-order chi connectivity index (χ1) is 16.6. The fourth-order valence-electron chi connectivity index (χ4n) is 4.38. The van der Waals surface area contributed by atoms with Gasteiger partial charge in [-0.15, -0.1) is 0 Å². The molecule has 1 aliphatic rings. The molecule has 1 unspecified atom stereocenters. The maximum absolute atomic E-state index is 13.6. The smallest absolute Gasteiger partial charge is 0.273 e. The maximum atomic E-state index is 13.6. The molecular formula is C26H24N4O4. The topological polar surface area (TPSA) is 89.6 Å². The average Bonchev–Trinajstić information content (AvgIpc) is 3.43. The molecule has 2 aromatic carbocycles. The predicted molar refractivity (Wildman–Crippen MR) is 126 cm³/mol. The maximum Gasteiger partial charge on any atom is 0.273 e. The molecule has 8 heteroatoms. The van der Waals surface area contributed by atoms with E-state index in [0.29, 0.717) is 29.4 Å². The summed E-state index contributed by atoms with van der Waals surface area (Å²) in [6.45, 7) is 0.386. The number of rotatable bonds is 7. The molecule has 0 bridgehead atoms. The highest BCUT2D eigenvalue weighted by atomic mass is 16.5. The number of ether oxygens (including phenoxy) is 3. The van der Waals surface area contributed by atoms with Crippen LogP contribution in [0.2, 0.25) is 0 Å². The zero-order valence-electron chi connectivity index (χ0n) is 19.1. The van der Waals surface area contributed by atoms with Gasteiger partial charge in [0.15, 0.2) is 0 Å². The van der Waals surface area contributed by atoms with Crippen LogP contribution < -0.4 is 14.2 Å². The third-order valence-corrected chi connectivity index (χ3v) is 6.04. The molecule has 5 rings (SSSR count). The minimum Gasteiger partial charge on any atom is -0.497 e. The Bertz CT molecular complexity index is 1320. The number of pyridine rings is 1. The van der Waals surface area contributed by atoms with Crippen LogP contribution in [-0.4, -0.2) is 47.3 Å². The predicted octanol–water partition coefficient (Wildman–Crippen LogP) is 4.24. The Morgan fingerprint density at radius 2 is 1.74 bits per heavy atom. The van der Waals surface area contributed by atoms with Gasteiger partial charge in [0.05, 0.1) is 33.1 Å². The molecule has 34 heavy (non-hydrogen) atoms. The van der Waals surface area contributed by atoms with Crippen LogP contribution in [0.1, 0.15) is 33.2 Å². The van der Waals surface area contributed by atoms with Crippen molar-refractivity contribution in [2.24, 2.45) is 0 Å². The van der Waals surface area contributed by atoms with Crippen LogP contribution in [0.15, 0.2) is 67.0 Å². The number of hydrogen-bond donors (Lipinski definition) is 1. The number of nitrogens with one attached hydrogen (secondary N) is 1. The second-order valence-electron chi connectivity index (χ2n) is 7.89. The number of amides is 1. The van der Waals surface area contributed by atoms with Crippen molar-refractivity contribution in [3.63, 3.8) is 0 Å². The Kier molecular flexibility index (Phi) is 5.63. The second kappa shape index (κ2) is 8.90. The molecule has 4 aromatic rings. The number of carbonyl (C=O) groups excluding carboxylic acids is 1. The first kappa shape index (κ1) is 21.5. The largest absolute Gasteiger partial charge is 0.497 e. The van der Waals surface area contributed by atoms with Crippen molar-refractivity contribution < 1.29 is 19.0 Å². The summed E-state index contributed by atoms with van der Waals surface area (Å²) in [5.41, 5.74) is 4.64. The van der Waals surface area contributed by atoms with Gasteiger partial charge in [-0.2, -0.15) is 5.10 Å². The lowest BCUT2D eigenvalue weighted by molar-refractivity contribution is 0.0728. The van der Waals surface area contributed by atoms with Gasteiger partial charge in [-0.1, -0.05) is 6.07 Å². The molecule has 0 radical (unpaired) electrons. The van der Waals surface area contributed by atoms with Crippen molar-refractivity contribution in [1.29, 1.82) is 0 Å². The zero-order chi connectivity index (χ0) is 23.7. The quantitative estimate of drug-likeness (QED) is 0.447. The van der Waals surface area contributed by atoms with E-state index in [4.69, 9.17) is 14.2 Å². The first-order valence-corrected chi connectivity index (χ1v) is 10.8. The van der Waals surface area contributed by atoms with Crippen molar-refractivity contribution in [3.8, 4) is 28.5 Å². The van der Waals surface area contributed by atoms with Gasteiger partial charge in [0.2, 0.25) is 0 Å². The highest BCUT2D eigenvalue weighted by molar-refractivity contribution is 6.00. The van der Waals surface area contributed by atoms with Crippen LogP contribution in [-0.2, 0) is 6.54 Å². The Labute approximate surface area is 197 Å². The summed E-state index contributed by atoms with van der Waals surface area (Å²) in [6, 6.07) is 16.7. The summed E-state index contributed by atoms with van der Waals surface area (Å²) in [5.74, 6) is 1.92. The van der Waals surface area contributed by atoms with E-state index in [-0.39, 0.29) is 5.91 Å². The number of benzene rings is 2. The van der Waals surface area contributed by atoms with E-state index in [1.165, 1.54) is 0 Å². The summed E-state index contributed by atoms with van der Waals surface area (Å²) < 4.78 is 16.4. The Hall–Kier alpha value is -4.33. The van der Waals surface area contributed by atoms with E-state index in [1.807, 2.05) is 59.5 Å². The van der Waals surface area contributed by atoms with Crippen LogP contribution in [0.3, 0.4) is 0 Å². The van der Waals surface area contributed by atoms with Gasteiger partial charge in [-0.05, 0) is 48.0 Å². The minimum atomic E-state index is -0.417. The molecule has 0 aliphatic carbocycles. The molecule has 172 valence electrons. The number of hydrogen-bond acceptors (Lipinski definition) is 6. The number of nitrogens with zero attached hydrogens (tertiary/aromatic N) is 3. The molecule has 0 spiro atoms. The zero-order valence-corrected chi connectivity index (χ0v) is 19.1. The van der Waals surface area contributed by atoms with E-state index in [1.54, 1.807) is 33.7 Å². The number of aromatic nitrogens is 3. The van der Waals surface area contributed by atoms with Crippen molar-refractivity contribution in [2.45, 2.75) is 12.6 Å². The third kappa shape index (κ3) is 3.63. The van der Waals surface area contributed by atoms with Crippen LogP contribution in [0, 0.1) is 0 Å². The highest BCUT2D eigenvalue weighted by Crippen LogP contribution is 2.46. The van der Waals surface area contributed by atoms with Crippen molar-refractivity contribution in [3.05, 3.63) is 89.4 Å². The molecule has 2 aromatic heterocycles. The molecule has 1 aliphatic heterocycles. The monoisotopic (exact) mass is 456 g/mol. The van der Waals surface area contributed by atoms with E-state index < -0.39 is 6.04 Å². The lowest BCUT2D eigenvalue weighted by atomic mass is 9.95. The van der Waals surface area contributed by atoms with E-state index in [0.717, 1.165) is 28.0 Å².